The zero-order valence-corrected chi connectivity index (χ0v) is 18.3. The van der Waals surface area contributed by atoms with Crippen LogP contribution in [0.2, 0.25) is 0 Å². The first kappa shape index (κ1) is 22.4. The highest BCUT2D eigenvalue weighted by atomic mass is 32.2. The minimum atomic E-state index is -0.353. The van der Waals surface area contributed by atoms with E-state index >= 15 is 0 Å². The fourth-order valence-corrected chi connectivity index (χ4v) is 3.49. The van der Waals surface area contributed by atoms with Crippen LogP contribution in [0.15, 0.2) is 70.2 Å². The van der Waals surface area contributed by atoms with Gasteiger partial charge in [-0.05, 0) is 43.7 Å². The summed E-state index contributed by atoms with van der Waals surface area (Å²) in [6.07, 6.45) is 1.46. The molecule has 0 aliphatic rings. The summed E-state index contributed by atoms with van der Waals surface area (Å²) in [5.41, 5.74) is 6.22. The Morgan fingerprint density at radius 3 is 2.52 bits per heavy atom. The Morgan fingerprint density at radius 1 is 1.06 bits per heavy atom. The summed E-state index contributed by atoms with van der Waals surface area (Å²) in [6.45, 7) is 4.15. The van der Waals surface area contributed by atoms with Crippen molar-refractivity contribution in [2.45, 2.75) is 19.6 Å². The lowest BCUT2D eigenvalue weighted by Gasteiger charge is -2.02. The highest BCUT2D eigenvalue weighted by molar-refractivity contribution is 7.99. The number of carbonyl (C=O) groups excluding carboxylic acids is 2. The van der Waals surface area contributed by atoms with E-state index in [4.69, 9.17) is 9.15 Å². The lowest BCUT2D eigenvalue weighted by atomic mass is 10.1. The van der Waals surface area contributed by atoms with Crippen LogP contribution in [-0.4, -0.2) is 30.5 Å². The molecule has 3 rings (SSSR count). The first-order valence-corrected chi connectivity index (χ1v) is 11.0. The molecule has 0 bridgehead atoms. The van der Waals surface area contributed by atoms with E-state index in [0.717, 1.165) is 11.3 Å². The van der Waals surface area contributed by atoms with E-state index in [9.17, 15) is 9.59 Å². The Morgan fingerprint density at radius 2 is 1.81 bits per heavy atom. The summed E-state index contributed by atoms with van der Waals surface area (Å²) < 4.78 is 10.7. The first-order chi connectivity index (χ1) is 15.0. The maximum absolute atomic E-state index is 11.9. The smallest absolute Gasteiger partial charge is 0.338 e. The van der Waals surface area contributed by atoms with Crippen molar-refractivity contribution in [3.8, 4) is 11.3 Å². The Bertz CT molecular complexity index is 1040. The molecule has 1 N–H and O–H groups in total. The van der Waals surface area contributed by atoms with Crippen molar-refractivity contribution >= 4 is 29.9 Å². The van der Waals surface area contributed by atoms with Crippen molar-refractivity contribution in [1.82, 2.24) is 5.43 Å². The average molecular weight is 437 g/mol. The maximum Gasteiger partial charge on any atom is 0.338 e. The van der Waals surface area contributed by atoms with Crippen molar-refractivity contribution in [2.75, 3.05) is 12.4 Å². The molecule has 7 heteroatoms. The summed E-state index contributed by atoms with van der Waals surface area (Å²) in [5.74, 6) is 1.72. The minimum Gasteiger partial charge on any atom is -0.462 e. The van der Waals surface area contributed by atoms with Crippen LogP contribution in [-0.2, 0) is 15.3 Å². The number of ether oxygens (including phenoxy) is 1. The number of benzene rings is 2. The second-order valence-corrected chi connectivity index (χ2v) is 7.76. The van der Waals surface area contributed by atoms with Crippen LogP contribution in [0, 0.1) is 6.92 Å². The fourth-order valence-electron chi connectivity index (χ4n) is 2.71. The van der Waals surface area contributed by atoms with Gasteiger partial charge in [0.2, 0.25) is 5.91 Å². The maximum atomic E-state index is 11.9. The van der Waals surface area contributed by atoms with Gasteiger partial charge in [0, 0.05) is 11.3 Å². The molecule has 0 fully saturated rings. The number of rotatable bonds is 9. The molecule has 0 radical (unpaired) electrons. The van der Waals surface area contributed by atoms with Gasteiger partial charge in [0.25, 0.3) is 0 Å². The van der Waals surface area contributed by atoms with Gasteiger partial charge in [0.1, 0.15) is 11.5 Å². The standard InChI is InChI=1S/C24H24N2O4S/c1-3-29-24(28)20-10-8-19(9-11-20)22-13-12-21(30-22)14-25-26-23(27)16-31-15-18-6-4-17(2)5-7-18/h4-14H,3,15-16H2,1-2H3,(H,26,27)/b25-14-. The van der Waals surface area contributed by atoms with Crippen molar-refractivity contribution in [3.63, 3.8) is 0 Å². The Hall–Kier alpha value is -3.32. The molecule has 0 aliphatic carbocycles. The SMILES string of the molecule is CCOC(=O)c1ccc(-c2ccc(/C=N\NC(=O)CSCc3ccc(C)cc3)o2)cc1. The van der Waals surface area contributed by atoms with E-state index in [1.807, 2.05) is 6.92 Å². The molecular formula is C24H24N2O4S. The van der Waals surface area contributed by atoms with Gasteiger partial charge in [-0.2, -0.15) is 5.10 Å². The molecule has 2 aromatic carbocycles. The monoisotopic (exact) mass is 436 g/mol. The van der Waals surface area contributed by atoms with Gasteiger partial charge in [-0.15, -0.1) is 11.8 Å². The molecule has 1 amide bonds. The molecule has 0 atom stereocenters. The molecule has 0 unspecified atom stereocenters. The van der Waals surface area contributed by atoms with E-state index in [1.54, 1.807) is 43.3 Å². The summed E-state index contributed by atoms with van der Waals surface area (Å²) in [6, 6.07) is 18.8. The Kier molecular flexibility index (Phi) is 8.06. The first-order valence-electron chi connectivity index (χ1n) is 9.87. The lowest BCUT2D eigenvalue weighted by molar-refractivity contribution is -0.118. The number of hydrogen-bond donors (Lipinski definition) is 1. The summed E-state index contributed by atoms with van der Waals surface area (Å²) >= 11 is 1.53. The number of esters is 1. The molecule has 6 nitrogen and oxygen atoms in total. The van der Waals surface area contributed by atoms with E-state index in [-0.39, 0.29) is 11.9 Å². The minimum absolute atomic E-state index is 0.172. The number of nitrogens with zero attached hydrogens (tertiary/aromatic N) is 1. The molecule has 3 aromatic rings. The second-order valence-electron chi connectivity index (χ2n) is 6.77. The predicted octanol–water partition coefficient (Wildman–Crippen LogP) is 4.82. The molecule has 1 heterocycles. The van der Waals surface area contributed by atoms with Crippen LogP contribution in [0.3, 0.4) is 0 Å². The fraction of sp³-hybridized carbons (Fsp3) is 0.208. The third kappa shape index (κ3) is 6.86. The Labute approximate surface area is 185 Å². The van der Waals surface area contributed by atoms with Crippen LogP contribution >= 0.6 is 11.8 Å². The van der Waals surface area contributed by atoms with Crippen LogP contribution in [0.5, 0.6) is 0 Å². The number of hydrazone groups is 1. The van der Waals surface area contributed by atoms with Gasteiger partial charge in [-0.3, -0.25) is 4.79 Å². The van der Waals surface area contributed by atoms with E-state index in [2.05, 4.69) is 34.8 Å². The zero-order chi connectivity index (χ0) is 22.1. The number of nitrogens with one attached hydrogen (secondary N) is 1. The van der Waals surface area contributed by atoms with Crippen molar-refractivity contribution < 1.29 is 18.7 Å². The van der Waals surface area contributed by atoms with Crippen LogP contribution in [0.4, 0.5) is 0 Å². The number of hydrogen-bond acceptors (Lipinski definition) is 6. The number of amides is 1. The normalized spacial score (nSPS) is 10.9. The van der Waals surface area contributed by atoms with Crippen molar-refractivity contribution in [2.24, 2.45) is 5.10 Å². The largest absolute Gasteiger partial charge is 0.462 e. The van der Waals surface area contributed by atoms with Gasteiger partial charge in [0.05, 0.1) is 24.1 Å². The molecule has 0 spiro atoms. The van der Waals surface area contributed by atoms with Gasteiger partial charge in [0.15, 0.2) is 0 Å². The summed E-state index contributed by atoms with van der Waals surface area (Å²) in [5, 5.41) is 3.95. The quantitative estimate of drug-likeness (QED) is 0.296. The molecule has 0 aliphatic heterocycles. The molecule has 31 heavy (non-hydrogen) atoms. The van der Waals surface area contributed by atoms with Crippen LogP contribution < -0.4 is 5.43 Å². The van der Waals surface area contributed by atoms with E-state index < -0.39 is 0 Å². The Balaban J connectivity index is 1.46. The molecule has 160 valence electrons. The van der Waals surface area contributed by atoms with E-state index in [0.29, 0.717) is 29.4 Å². The number of carbonyl (C=O) groups is 2. The molecule has 0 saturated heterocycles. The van der Waals surface area contributed by atoms with Gasteiger partial charge < -0.3 is 9.15 Å². The summed E-state index contributed by atoms with van der Waals surface area (Å²) in [7, 11) is 0. The van der Waals surface area contributed by atoms with Gasteiger partial charge in [-0.1, -0.05) is 42.0 Å². The summed E-state index contributed by atoms with van der Waals surface area (Å²) in [4.78, 5) is 23.6. The predicted molar refractivity (Wildman–Crippen MR) is 123 cm³/mol. The third-order valence-electron chi connectivity index (χ3n) is 4.31. The molecular weight excluding hydrogens is 412 g/mol. The van der Waals surface area contributed by atoms with Crippen molar-refractivity contribution in [3.05, 3.63) is 83.1 Å². The van der Waals surface area contributed by atoms with Crippen LogP contribution in [0.25, 0.3) is 11.3 Å². The number of furan rings is 1. The molecule has 1 aromatic heterocycles. The third-order valence-corrected chi connectivity index (χ3v) is 5.31. The van der Waals surface area contributed by atoms with Gasteiger partial charge in [-0.25, -0.2) is 10.2 Å². The van der Waals surface area contributed by atoms with E-state index in [1.165, 1.54) is 29.1 Å². The van der Waals surface area contributed by atoms with Gasteiger partial charge >= 0.3 is 5.97 Å². The average Bonchev–Trinajstić information content (AvgIpc) is 3.24. The highest BCUT2D eigenvalue weighted by Gasteiger charge is 2.08. The van der Waals surface area contributed by atoms with Crippen LogP contribution in [0.1, 0.15) is 34.2 Å². The number of aryl methyl sites for hydroxylation is 1. The highest BCUT2D eigenvalue weighted by Crippen LogP contribution is 2.22. The number of thioether (sulfide) groups is 1. The topological polar surface area (TPSA) is 80.9 Å². The second kappa shape index (κ2) is 11.2. The lowest BCUT2D eigenvalue weighted by Crippen LogP contribution is -2.19. The molecule has 0 saturated carbocycles. The zero-order valence-electron chi connectivity index (χ0n) is 17.5. The van der Waals surface area contributed by atoms with Crippen molar-refractivity contribution in [1.29, 1.82) is 0 Å².